The van der Waals surface area contributed by atoms with E-state index in [-0.39, 0.29) is 17.5 Å². The Morgan fingerprint density at radius 3 is 2.94 bits per heavy atom. The van der Waals surface area contributed by atoms with Crippen LogP contribution in [0.4, 0.5) is 0 Å². The van der Waals surface area contributed by atoms with Gasteiger partial charge in [-0.05, 0) is 26.0 Å². The maximum Gasteiger partial charge on any atom is 0.152 e. The first-order valence-corrected chi connectivity index (χ1v) is 8.10. The largest absolute Gasteiger partial charge is 0.494 e. The molecule has 1 aromatic carbocycles. The quantitative estimate of drug-likeness (QED) is 0.904. The Balaban J connectivity index is 2.29. The van der Waals surface area contributed by atoms with Crippen molar-refractivity contribution >= 4 is 9.84 Å². The number of benzene rings is 1. The lowest BCUT2D eigenvalue weighted by molar-refractivity contribution is 0.332. The van der Waals surface area contributed by atoms with Crippen LogP contribution in [0.1, 0.15) is 24.9 Å². The van der Waals surface area contributed by atoms with Gasteiger partial charge in [0.15, 0.2) is 9.84 Å². The molecular formula is C13H19NO3S. The highest BCUT2D eigenvalue weighted by Crippen LogP contribution is 2.27. The van der Waals surface area contributed by atoms with Gasteiger partial charge in [0.2, 0.25) is 0 Å². The van der Waals surface area contributed by atoms with E-state index in [1.807, 2.05) is 31.2 Å². The molecule has 0 spiro atoms. The van der Waals surface area contributed by atoms with Gasteiger partial charge in [-0.1, -0.05) is 18.2 Å². The third-order valence-electron chi connectivity index (χ3n) is 3.04. The molecular weight excluding hydrogens is 250 g/mol. The summed E-state index contributed by atoms with van der Waals surface area (Å²) in [7, 11) is -2.97. The molecule has 1 atom stereocenters. The van der Waals surface area contributed by atoms with E-state index in [1.54, 1.807) is 0 Å². The summed E-state index contributed by atoms with van der Waals surface area (Å²) in [4.78, 5) is 0. The van der Waals surface area contributed by atoms with Crippen LogP contribution >= 0.6 is 0 Å². The van der Waals surface area contributed by atoms with Gasteiger partial charge in [0.05, 0.1) is 18.1 Å². The van der Waals surface area contributed by atoms with Gasteiger partial charge in [0.25, 0.3) is 0 Å². The summed E-state index contributed by atoms with van der Waals surface area (Å²) in [5, 5.41) is 3.29. The summed E-state index contributed by atoms with van der Waals surface area (Å²) in [5.74, 6) is 1.19. The lowest BCUT2D eigenvalue weighted by Gasteiger charge is -2.19. The van der Waals surface area contributed by atoms with E-state index in [4.69, 9.17) is 4.74 Å². The molecule has 0 saturated carbocycles. The van der Waals surface area contributed by atoms with E-state index < -0.39 is 9.84 Å². The van der Waals surface area contributed by atoms with Crippen molar-refractivity contribution in [3.63, 3.8) is 0 Å². The molecule has 0 bridgehead atoms. The number of hydrogen-bond donors (Lipinski definition) is 1. The van der Waals surface area contributed by atoms with Crippen LogP contribution in [0.15, 0.2) is 24.3 Å². The van der Waals surface area contributed by atoms with Crippen molar-refractivity contribution in [3.05, 3.63) is 29.8 Å². The molecule has 1 aliphatic rings. The first-order chi connectivity index (χ1) is 8.62. The van der Waals surface area contributed by atoms with Crippen LogP contribution in [-0.2, 0) is 9.84 Å². The fourth-order valence-electron chi connectivity index (χ4n) is 2.22. The summed E-state index contributed by atoms with van der Waals surface area (Å²) in [5.41, 5.74) is 0.935. The maximum absolute atomic E-state index is 11.8. The van der Waals surface area contributed by atoms with Crippen molar-refractivity contribution in [1.82, 2.24) is 5.32 Å². The third kappa shape index (κ3) is 3.23. The molecule has 4 nitrogen and oxygen atoms in total. The molecule has 1 N–H and O–H groups in total. The molecule has 0 aliphatic carbocycles. The predicted molar refractivity (Wildman–Crippen MR) is 71.6 cm³/mol. The van der Waals surface area contributed by atoms with Crippen molar-refractivity contribution in [1.29, 1.82) is 0 Å². The van der Waals surface area contributed by atoms with Crippen molar-refractivity contribution in [3.8, 4) is 5.75 Å². The highest BCUT2D eigenvalue weighted by Gasteiger charge is 2.25. The van der Waals surface area contributed by atoms with E-state index in [2.05, 4.69) is 5.32 Å². The number of hydrogen-bond acceptors (Lipinski definition) is 4. The van der Waals surface area contributed by atoms with E-state index >= 15 is 0 Å². The Labute approximate surface area is 108 Å². The lowest BCUT2D eigenvalue weighted by atomic mass is 10.1. The monoisotopic (exact) mass is 269 g/mol. The van der Waals surface area contributed by atoms with Crippen molar-refractivity contribution < 1.29 is 13.2 Å². The maximum atomic E-state index is 11.8. The summed E-state index contributed by atoms with van der Waals surface area (Å²) >= 11 is 0. The molecule has 5 heteroatoms. The van der Waals surface area contributed by atoms with Crippen LogP contribution in [0, 0.1) is 0 Å². The topological polar surface area (TPSA) is 55.4 Å². The molecule has 1 saturated heterocycles. The molecule has 1 aromatic rings. The first-order valence-electron chi connectivity index (χ1n) is 6.28. The average Bonchev–Trinajstić information content (AvgIpc) is 2.51. The zero-order chi connectivity index (χ0) is 13.0. The second-order valence-corrected chi connectivity index (χ2v) is 6.67. The number of para-hydroxylation sites is 1. The highest BCUT2D eigenvalue weighted by atomic mass is 32.2. The molecule has 0 amide bonds. The number of ether oxygens (including phenoxy) is 1. The fourth-order valence-corrected chi connectivity index (χ4v) is 3.78. The smallest absolute Gasteiger partial charge is 0.152 e. The Morgan fingerprint density at radius 2 is 2.17 bits per heavy atom. The van der Waals surface area contributed by atoms with Crippen LogP contribution in [-0.4, -0.2) is 33.1 Å². The second kappa shape index (κ2) is 5.71. The fraction of sp³-hybridized carbons (Fsp3) is 0.538. The minimum atomic E-state index is -2.97. The van der Waals surface area contributed by atoms with Crippen LogP contribution in [0.2, 0.25) is 0 Å². The number of sulfone groups is 1. The molecule has 1 heterocycles. The SMILES string of the molecule is CCOc1ccccc1C1CS(=O)(=O)CCCN1. The van der Waals surface area contributed by atoms with Crippen molar-refractivity contribution in [2.75, 3.05) is 24.7 Å². The van der Waals surface area contributed by atoms with Crippen LogP contribution in [0.5, 0.6) is 5.75 Å². The zero-order valence-corrected chi connectivity index (χ0v) is 11.4. The van der Waals surface area contributed by atoms with Crippen LogP contribution in [0.25, 0.3) is 0 Å². The normalized spacial score (nSPS) is 23.3. The van der Waals surface area contributed by atoms with Gasteiger partial charge in [-0.2, -0.15) is 0 Å². The summed E-state index contributed by atoms with van der Waals surface area (Å²) in [6.07, 6.45) is 0.676. The van der Waals surface area contributed by atoms with Crippen molar-refractivity contribution in [2.24, 2.45) is 0 Å². The molecule has 1 unspecified atom stereocenters. The van der Waals surface area contributed by atoms with Gasteiger partial charge in [0.1, 0.15) is 5.75 Å². The Morgan fingerprint density at radius 1 is 1.39 bits per heavy atom. The number of rotatable bonds is 3. The Bertz CT molecular complexity index is 499. The van der Waals surface area contributed by atoms with E-state index in [0.717, 1.165) is 17.9 Å². The molecule has 2 rings (SSSR count). The van der Waals surface area contributed by atoms with Gasteiger partial charge in [-0.3, -0.25) is 0 Å². The highest BCUT2D eigenvalue weighted by molar-refractivity contribution is 7.91. The van der Waals surface area contributed by atoms with Gasteiger partial charge < -0.3 is 10.1 Å². The molecule has 0 radical (unpaired) electrons. The molecule has 1 fully saturated rings. The first kappa shape index (κ1) is 13.4. The molecule has 100 valence electrons. The summed E-state index contributed by atoms with van der Waals surface area (Å²) in [6.45, 7) is 3.23. The Hall–Kier alpha value is -1.07. The zero-order valence-electron chi connectivity index (χ0n) is 10.6. The third-order valence-corrected chi connectivity index (χ3v) is 4.79. The average molecular weight is 269 g/mol. The lowest BCUT2D eigenvalue weighted by Crippen LogP contribution is -2.25. The Kier molecular flexibility index (Phi) is 4.24. The molecule has 0 aromatic heterocycles. The van der Waals surface area contributed by atoms with Gasteiger partial charge in [0, 0.05) is 11.6 Å². The van der Waals surface area contributed by atoms with E-state index in [1.165, 1.54) is 0 Å². The van der Waals surface area contributed by atoms with Gasteiger partial charge in [-0.25, -0.2) is 8.42 Å². The summed E-state index contributed by atoms with van der Waals surface area (Å²) in [6, 6.07) is 7.47. The second-order valence-electron chi connectivity index (χ2n) is 4.45. The minimum absolute atomic E-state index is 0.150. The molecule has 1 aliphatic heterocycles. The molecule has 18 heavy (non-hydrogen) atoms. The van der Waals surface area contributed by atoms with Crippen LogP contribution in [0.3, 0.4) is 0 Å². The minimum Gasteiger partial charge on any atom is -0.494 e. The van der Waals surface area contributed by atoms with Gasteiger partial charge in [-0.15, -0.1) is 0 Å². The predicted octanol–water partition coefficient (Wildman–Crippen LogP) is 1.53. The van der Waals surface area contributed by atoms with E-state index in [9.17, 15) is 8.42 Å². The number of nitrogens with one attached hydrogen (secondary N) is 1. The standard InChI is InChI=1S/C13H19NO3S/c1-2-17-13-7-4-3-6-11(13)12-10-18(15,16)9-5-8-14-12/h3-4,6-7,12,14H,2,5,8-10H2,1H3. The van der Waals surface area contributed by atoms with Gasteiger partial charge >= 0.3 is 0 Å². The van der Waals surface area contributed by atoms with E-state index in [0.29, 0.717) is 13.0 Å². The van der Waals surface area contributed by atoms with Crippen molar-refractivity contribution in [2.45, 2.75) is 19.4 Å². The van der Waals surface area contributed by atoms with Crippen LogP contribution < -0.4 is 10.1 Å². The summed E-state index contributed by atoms with van der Waals surface area (Å²) < 4.78 is 29.2.